The van der Waals surface area contributed by atoms with Gasteiger partial charge in [-0.3, -0.25) is 9.69 Å². The lowest BCUT2D eigenvalue weighted by Gasteiger charge is -2.51. The van der Waals surface area contributed by atoms with E-state index in [1.54, 1.807) is 13.8 Å². The van der Waals surface area contributed by atoms with Crippen molar-refractivity contribution in [1.82, 2.24) is 10.2 Å². The van der Waals surface area contributed by atoms with Gasteiger partial charge in [0.05, 0.1) is 17.7 Å². The van der Waals surface area contributed by atoms with Crippen LogP contribution < -0.4 is 11.1 Å². The zero-order valence-corrected chi connectivity index (χ0v) is 14.7. The third-order valence-electron chi connectivity index (χ3n) is 5.04. The summed E-state index contributed by atoms with van der Waals surface area (Å²) in [6, 6.07) is 0. The van der Waals surface area contributed by atoms with E-state index in [-0.39, 0.29) is 17.0 Å². The molecule has 128 valence electrons. The van der Waals surface area contributed by atoms with E-state index in [0.717, 1.165) is 32.5 Å². The van der Waals surface area contributed by atoms with Gasteiger partial charge in [-0.05, 0) is 40.5 Å². The van der Waals surface area contributed by atoms with Crippen molar-refractivity contribution in [2.24, 2.45) is 5.73 Å². The topological polar surface area (TPSA) is 67.6 Å². The lowest BCUT2D eigenvalue weighted by atomic mass is 9.79. The van der Waals surface area contributed by atoms with Crippen molar-refractivity contribution in [3.05, 3.63) is 0 Å². The number of carbonyl (C=O) groups is 1. The number of hydrogen-bond acceptors (Lipinski definition) is 4. The first-order valence-corrected chi connectivity index (χ1v) is 8.61. The Kier molecular flexibility index (Phi) is 5.20. The van der Waals surface area contributed by atoms with Crippen molar-refractivity contribution in [3.8, 4) is 0 Å². The maximum atomic E-state index is 12.2. The second kappa shape index (κ2) is 6.46. The Morgan fingerprint density at radius 2 is 1.91 bits per heavy atom. The summed E-state index contributed by atoms with van der Waals surface area (Å²) in [6.07, 6.45) is 6.06. The number of hydrogen-bond donors (Lipinski definition) is 2. The Balaban J connectivity index is 2.09. The molecule has 0 aromatic heterocycles. The van der Waals surface area contributed by atoms with Crippen molar-refractivity contribution in [2.45, 2.75) is 76.5 Å². The Morgan fingerprint density at radius 1 is 1.27 bits per heavy atom. The fourth-order valence-electron chi connectivity index (χ4n) is 3.71. The molecule has 1 saturated carbocycles. The summed E-state index contributed by atoms with van der Waals surface area (Å²) < 4.78 is 5.86. The molecule has 0 radical (unpaired) electrons. The second-order valence-electron chi connectivity index (χ2n) is 8.22. The van der Waals surface area contributed by atoms with Crippen molar-refractivity contribution < 1.29 is 9.53 Å². The molecule has 0 aromatic carbocycles. The van der Waals surface area contributed by atoms with Crippen LogP contribution in [0, 0.1) is 0 Å². The minimum absolute atomic E-state index is 0.0648. The van der Waals surface area contributed by atoms with E-state index in [2.05, 4.69) is 24.1 Å². The molecular formula is C17H33N3O2. The molecule has 2 rings (SSSR count). The molecule has 22 heavy (non-hydrogen) atoms. The highest BCUT2D eigenvalue weighted by Crippen LogP contribution is 2.36. The first-order chi connectivity index (χ1) is 10.1. The Bertz CT molecular complexity index is 395. The average molecular weight is 311 g/mol. The maximum absolute atomic E-state index is 12.2. The van der Waals surface area contributed by atoms with E-state index < -0.39 is 5.54 Å². The van der Waals surface area contributed by atoms with E-state index in [1.165, 1.54) is 19.3 Å². The predicted molar refractivity (Wildman–Crippen MR) is 88.7 cm³/mol. The highest BCUT2D eigenvalue weighted by Gasteiger charge is 2.42. The van der Waals surface area contributed by atoms with Crippen molar-refractivity contribution in [2.75, 3.05) is 26.2 Å². The van der Waals surface area contributed by atoms with Crippen LogP contribution in [0.4, 0.5) is 0 Å². The quantitative estimate of drug-likeness (QED) is 0.828. The van der Waals surface area contributed by atoms with E-state index >= 15 is 0 Å². The van der Waals surface area contributed by atoms with Crippen LogP contribution in [0.2, 0.25) is 0 Å². The molecule has 5 nitrogen and oxygen atoms in total. The first kappa shape index (κ1) is 17.7. The summed E-state index contributed by atoms with van der Waals surface area (Å²) in [5, 5.41) is 3.11. The van der Waals surface area contributed by atoms with Gasteiger partial charge in [0.25, 0.3) is 0 Å². The number of ether oxygens (including phenoxy) is 1. The molecule has 1 aliphatic carbocycles. The van der Waals surface area contributed by atoms with E-state index in [0.29, 0.717) is 6.54 Å². The minimum Gasteiger partial charge on any atom is -0.373 e. The van der Waals surface area contributed by atoms with Gasteiger partial charge in [0.2, 0.25) is 5.91 Å². The molecule has 0 atom stereocenters. The molecule has 1 heterocycles. The van der Waals surface area contributed by atoms with Gasteiger partial charge in [0.1, 0.15) is 0 Å². The molecule has 1 aliphatic heterocycles. The molecule has 2 aliphatic rings. The Hall–Kier alpha value is -0.650. The molecular weight excluding hydrogens is 278 g/mol. The maximum Gasteiger partial charge on any atom is 0.239 e. The monoisotopic (exact) mass is 311 g/mol. The van der Waals surface area contributed by atoms with Crippen LogP contribution in [0.5, 0.6) is 0 Å². The molecule has 2 fully saturated rings. The third kappa shape index (κ3) is 4.21. The summed E-state index contributed by atoms with van der Waals surface area (Å²) in [5.74, 6) is -0.0648. The first-order valence-electron chi connectivity index (χ1n) is 8.61. The van der Waals surface area contributed by atoms with Crippen LogP contribution in [-0.2, 0) is 9.53 Å². The molecule has 0 aromatic rings. The highest BCUT2D eigenvalue weighted by molar-refractivity contribution is 5.85. The van der Waals surface area contributed by atoms with Crippen molar-refractivity contribution in [1.29, 1.82) is 0 Å². The van der Waals surface area contributed by atoms with Crippen LogP contribution in [0.1, 0.15) is 59.8 Å². The second-order valence-corrected chi connectivity index (χ2v) is 8.22. The van der Waals surface area contributed by atoms with Crippen LogP contribution in [0.25, 0.3) is 0 Å². The molecule has 5 heteroatoms. The predicted octanol–water partition coefficient (Wildman–Crippen LogP) is 1.65. The average Bonchev–Trinajstić information content (AvgIpc) is 2.43. The molecule has 0 unspecified atom stereocenters. The molecule has 3 N–H and O–H groups in total. The van der Waals surface area contributed by atoms with Gasteiger partial charge in [-0.1, -0.05) is 19.3 Å². The number of nitrogens with zero attached hydrogens (tertiary/aromatic N) is 1. The number of amides is 1. The lowest BCUT2D eigenvalue weighted by molar-refractivity contribution is -0.131. The third-order valence-corrected chi connectivity index (χ3v) is 5.04. The zero-order chi connectivity index (χ0) is 16.4. The summed E-state index contributed by atoms with van der Waals surface area (Å²) >= 11 is 0. The zero-order valence-electron chi connectivity index (χ0n) is 14.7. The minimum atomic E-state index is -0.819. The summed E-state index contributed by atoms with van der Waals surface area (Å²) in [4.78, 5) is 14.7. The van der Waals surface area contributed by atoms with Crippen LogP contribution in [-0.4, -0.2) is 53.7 Å². The summed E-state index contributed by atoms with van der Waals surface area (Å²) in [5.41, 5.74) is 5.05. The molecule has 1 amide bonds. The number of morpholine rings is 1. The Morgan fingerprint density at radius 3 is 2.45 bits per heavy atom. The largest absolute Gasteiger partial charge is 0.373 e. The number of nitrogens with two attached hydrogens (primary N) is 1. The molecule has 0 spiro atoms. The van der Waals surface area contributed by atoms with Gasteiger partial charge in [-0.15, -0.1) is 0 Å². The fraction of sp³-hybridized carbons (Fsp3) is 0.941. The van der Waals surface area contributed by atoms with Gasteiger partial charge < -0.3 is 15.8 Å². The van der Waals surface area contributed by atoms with Crippen LogP contribution in [0.15, 0.2) is 0 Å². The standard InChI is InChI=1S/C17H33N3O2/c1-15(2)13-20(10-11-22-15)17(8-6-5-7-9-17)12-19-14(21)16(3,4)18/h5-13,18H2,1-4H3,(H,19,21). The normalized spacial score (nSPS) is 25.7. The highest BCUT2D eigenvalue weighted by atomic mass is 16.5. The van der Waals surface area contributed by atoms with Gasteiger partial charge in [-0.2, -0.15) is 0 Å². The van der Waals surface area contributed by atoms with Crippen LogP contribution >= 0.6 is 0 Å². The summed E-state index contributed by atoms with van der Waals surface area (Å²) in [7, 11) is 0. The van der Waals surface area contributed by atoms with Gasteiger partial charge >= 0.3 is 0 Å². The van der Waals surface area contributed by atoms with Gasteiger partial charge in [0.15, 0.2) is 0 Å². The van der Waals surface area contributed by atoms with E-state index in [9.17, 15) is 4.79 Å². The molecule has 1 saturated heterocycles. The Labute approximate surface area is 134 Å². The number of carbonyl (C=O) groups excluding carboxylic acids is 1. The lowest BCUT2D eigenvalue weighted by Crippen LogP contribution is -2.64. The smallest absolute Gasteiger partial charge is 0.239 e. The van der Waals surface area contributed by atoms with Gasteiger partial charge in [0, 0.05) is 25.2 Å². The van der Waals surface area contributed by atoms with E-state index in [4.69, 9.17) is 10.5 Å². The SMILES string of the molecule is CC1(C)CN(C2(CNC(=O)C(C)(C)N)CCCCC2)CCO1. The summed E-state index contributed by atoms with van der Waals surface area (Å²) in [6.45, 7) is 11.2. The van der Waals surface area contributed by atoms with Gasteiger partial charge in [-0.25, -0.2) is 0 Å². The van der Waals surface area contributed by atoms with Crippen LogP contribution in [0.3, 0.4) is 0 Å². The number of nitrogens with one attached hydrogen (secondary N) is 1. The van der Waals surface area contributed by atoms with E-state index in [1.807, 2.05) is 0 Å². The van der Waals surface area contributed by atoms with Crippen molar-refractivity contribution >= 4 is 5.91 Å². The molecule has 0 bridgehead atoms. The van der Waals surface area contributed by atoms with Crippen molar-refractivity contribution in [3.63, 3.8) is 0 Å². The number of rotatable bonds is 4. The fourth-order valence-corrected chi connectivity index (χ4v) is 3.71.